The molecule has 0 aliphatic heterocycles. The molecule has 0 atom stereocenters. The number of benzene rings is 3. The van der Waals surface area contributed by atoms with Crippen molar-refractivity contribution in [3.8, 4) is 17.2 Å². The Hall–Kier alpha value is -3.07. The first-order valence-electron chi connectivity index (χ1n) is 7.34. The number of methoxy groups -OCH3 is 1. The van der Waals surface area contributed by atoms with E-state index in [9.17, 15) is 0 Å². The van der Waals surface area contributed by atoms with Crippen molar-refractivity contribution in [1.29, 1.82) is 0 Å². The average Bonchev–Trinajstić information content (AvgIpc) is 2.62. The molecule has 3 nitrogen and oxygen atoms in total. The monoisotopic (exact) mass is 303 g/mol. The first kappa shape index (κ1) is 14.9. The summed E-state index contributed by atoms with van der Waals surface area (Å²) in [6.07, 6.45) is 1.82. The van der Waals surface area contributed by atoms with Gasteiger partial charge in [0, 0.05) is 6.21 Å². The number of nitrogens with zero attached hydrogens (tertiary/aromatic N) is 1. The first-order chi connectivity index (χ1) is 11.3. The summed E-state index contributed by atoms with van der Waals surface area (Å²) in [6.45, 7) is 0. The number of aliphatic imine (C=N–C) groups is 1. The molecule has 0 N–H and O–H groups in total. The fraction of sp³-hybridized carbons (Fsp3) is 0.0500. The van der Waals surface area contributed by atoms with E-state index in [0.717, 1.165) is 28.5 Å². The molecular weight excluding hydrogens is 286 g/mol. The van der Waals surface area contributed by atoms with Crippen LogP contribution < -0.4 is 9.47 Å². The first-order valence-corrected chi connectivity index (χ1v) is 7.34. The molecule has 0 spiro atoms. The van der Waals surface area contributed by atoms with E-state index in [1.807, 2.05) is 85.1 Å². The summed E-state index contributed by atoms with van der Waals surface area (Å²) < 4.78 is 11.0. The average molecular weight is 303 g/mol. The molecule has 0 saturated heterocycles. The maximum absolute atomic E-state index is 5.82. The molecule has 0 heterocycles. The van der Waals surface area contributed by atoms with Gasteiger partial charge in [-0.05, 0) is 54.1 Å². The van der Waals surface area contributed by atoms with Crippen LogP contribution in [0.3, 0.4) is 0 Å². The van der Waals surface area contributed by atoms with Gasteiger partial charge in [0.1, 0.15) is 17.2 Å². The summed E-state index contributed by atoms with van der Waals surface area (Å²) in [7, 11) is 1.65. The molecule has 0 saturated carbocycles. The van der Waals surface area contributed by atoms with Crippen molar-refractivity contribution in [2.45, 2.75) is 0 Å². The lowest BCUT2D eigenvalue weighted by atomic mass is 10.2. The van der Waals surface area contributed by atoms with E-state index in [1.165, 1.54) is 0 Å². The van der Waals surface area contributed by atoms with E-state index in [4.69, 9.17) is 9.47 Å². The molecule has 0 aromatic heterocycles. The maximum Gasteiger partial charge on any atom is 0.128 e. The van der Waals surface area contributed by atoms with Crippen molar-refractivity contribution in [3.63, 3.8) is 0 Å². The van der Waals surface area contributed by atoms with Crippen LogP contribution in [0.2, 0.25) is 0 Å². The van der Waals surface area contributed by atoms with Gasteiger partial charge in [-0.2, -0.15) is 0 Å². The summed E-state index contributed by atoms with van der Waals surface area (Å²) in [5, 5.41) is 0. The van der Waals surface area contributed by atoms with Crippen LogP contribution in [0.25, 0.3) is 0 Å². The third kappa shape index (κ3) is 4.20. The minimum absolute atomic E-state index is 0.787. The largest absolute Gasteiger partial charge is 0.497 e. The van der Waals surface area contributed by atoms with Crippen molar-refractivity contribution < 1.29 is 9.47 Å². The van der Waals surface area contributed by atoms with Crippen molar-refractivity contribution in [2.75, 3.05) is 7.11 Å². The highest BCUT2D eigenvalue weighted by molar-refractivity contribution is 5.82. The van der Waals surface area contributed by atoms with Gasteiger partial charge in [0.05, 0.1) is 12.8 Å². The predicted molar refractivity (Wildman–Crippen MR) is 93.2 cm³/mol. The van der Waals surface area contributed by atoms with Gasteiger partial charge in [0.15, 0.2) is 0 Å². The molecule has 114 valence electrons. The van der Waals surface area contributed by atoms with E-state index in [2.05, 4.69) is 4.99 Å². The van der Waals surface area contributed by atoms with Crippen molar-refractivity contribution in [3.05, 3.63) is 84.4 Å². The molecule has 0 amide bonds. The molecule has 0 unspecified atom stereocenters. The Morgan fingerprint density at radius 2 is 1.48 bits per heavy atom. The lowest BCUT2D eigenvalue weighted by Crippen LogP contribution is -1.86. The van der Waals surface area contributed by atoms with E-state index >= 15 is 0 Å². The van der Waals surface area contributed by atoms with Gasteiger partial charge in [-0.15, -0.1) is 0 Å². The Labute approximate surface area is 135 Å². The van der Waals surface area contributed by atoms with E-state index in [1.54, 1.807) is 7.11 Å². The summed E-state index contributed by atoms with van der Waals surface area (Å²) in [5.41, 5.74) is 1.86. The molecule has 3 rings (SSSR count). The minimum Gasteiger partial charge on any atom is -0.497 e. The zero-order chi connectivity index (χ0) is 15.9. The second-order valence-corrected chi connectivity index (χ2v) is 4.94. The molecule has 0 aliphatic carbocycles. The predicted octanol–water partition coefficient (Wildman–Crippen LogP) is 5.24. The van der Waals surface area contributed by atoms with Crippen LogP contribution >= 0.6 is 0 Å². The molecule has 0 aliphatic rings. The van der Waals surface area contributed by atoms with Gasteiger partial charge < -0.3 is 9.47 Å². The van der Waals surface area contributed by atoms with Crippen LogP contribution in [-0.2, 0) is 0 Å². The molecule has 3 aromatic rings. The third-order valence-corrected chi connectivity index (χ3v) is 3.27. The number of hydrogen-bond donors (Lipinski definition) is 0. The summed E-state index contributed by atoms with van der Waals surface area (Å²) in [4.78, 5) is 4.46. The van der Waals surface area contributed by atoms with Crippen LogP contribution in [0.15, 0.2) is 83.9 Å². The topological polar surface area (TPSA) is 30.8 Å². The van der Waals surface area contributed by atoms with Gasteiger partial charge in [0.2, 0.25) is 0 Å². The highest BCUT2D eigenvalue weighted by Crippen LogP contribution is 2.22. The quantitative estimate of drug-likeness (QED) is 0.604. The summed E-state index contributed by atoms with van der Waals surface area (Å²) in [5.74, 6) is 2.42. The molecule has 3 aromatic carbocycles. The van der Waals surface area contributed by atoms with Crippen LogP contribution in [0.1, 0.15) is 5.56 Å². The smallest absolute Gasteiger partial charge is 0.128 e. The van der Waals surface area contributed by atoms with Gasteiger partial charge in [-0.3, -0.25) is 4.99 Å². The highest BCUT2D eigenvalue weighted by Gasteiger charge is 1.98. The summed E-state index contributed by atoms with van der Waals surface area (Å²) in [6, 6.07) is 25.2. The van der Waals surface area contributed by atoms with Gasteiger partial charge in [-0.1, -0.05) is 30.3 Å². The van der Waals surface area contributed by atoms with Crippen LogP contribution in [0.5, 0.6) is 17.2 Å². The molecule has 23 heavy (non-hydrogen) atoms. The van der Waals surface area contributed by atoms with Gasteiger partial charge >= 0.3 is 0 Å². The van der Waals surface area contributed by atoms with E-state index < -0.39 is 0 Å². The number of rotatable bonds is 5. The van der Waals surface area contributed by atoms with Gasteiger partial charge in [0.25, 0.3) is 0 Å². The Kier molecular flexibility index (Phi) is 4.69. The molecule has 0 bridgehead atoms. The van der Waals surface area contributed by atoms with Gasteiger partial charge in [-0.25, -0.2) is 0 Å². The van der Waals surface area contributed by atoms with Crippen LogP contribution in [0.4, 0.5) is 5.69 Å². The highest BCUT2D eigenvalue weighted by atomic mass is 16.5. The number of hydrogen-bond acceptors (Lipinski definition) is 3. The Morgan fingerprint density at radius 3 is 2.22 bits per heavy atom. The zero-order valence-electron chi connectivity index (χ0n) is 12.8. The normalized spacial score (nSPS) is 10.7. The van der Waals surface area contributed by atoms with Crippen molar-refractivity contribution >= 4 is 11.9 Å². The fourth-order valence-corrected chi connectivity index (χ4v) is 2.10. The van der Waals surface area contributed by atoms with Crippen molar-refractivity contribution in [1.82, 2.24) is 0 Å². The second-order valence-electron chi connectivity index (χ2n) is 4.94. The standard InChI is InChI=1S/C20H17NO2/c1-22-18-12-10-17(11-13-18)21-15-16-6-5-9-20(14-16)23-19-7-3-2-4-8-19/h2-15H,1H3. The second kappa shape index (κ2) is 7.27. The third-order valence-electron chi connectivity index (χ3n) is 3.27. The molecule has 0 fully saturated rings. The Morgan fingerprint density at radius 1 is 0.739 bits per heavy atom. The lowest BCUT2D eigenvalue weighted by Gasteiger charge is -2.05. The number of ether oxygens (including phenoxy) is 2. The molecule has 0 radical (unpaired) electrons. The van der Waals surface area contributed by atoms with Crippen LogP contribution in [0, 0.1) is 0 Å². The molecule has 3 heteroatoms. The maximum atomic E-state index is 5.82. The number of para-hydroxylation sites is 1. The lowest BCUT2D eigenvalue weighted by molar-refractivity contribution is 0.415. The Bertz CT molecular complexity index is 780. The van der Waals surface area contributed by atoms with Crippen LogP contribution in [-0.4, -0.2) is 13.3 Å². The van der Waals surface area contributed by atoms with E-state index in [-0.39, 0.29) is 0 Å². The SMILES string of the molecule is COc1ccc(N=Cc2cccc(Oc3ccccc3)c2)cc1. The molecular formula is C20H17NO2. The zero-order valence-corrected chi connectivity index (χ0v) is 12.8. The fourth-order valence-electron chi connectivity index (χ4n) is 2.10. The Balaban J connectivity index is 1.72. The summed E-state index contributed by atoms with van der Waals surface area (Å²) >= 11 is 0. The van der Waals surface area contributed by atoms with E-state index in [0.29, 0.717) is 0 Å². The van der Waals surface area contributed by atoms with Crippen molar-refractivity contribution in [2.24, 2.45) is 4.99 Å². The minimum atomic E-state index is 0.787.